The van der Waals surface area contributed by atoms with Crippen LogP contribution < -0.4 is 4.74 Å². The van der Waals surface area contributed by atoms with Crippen LogP contribution in [0.5, 0.6) is 5.75 Å². The number of halogens is 2. The van der Waals surface area contributed by atoms with Crippen molar-refractivity contribution < 1.29 is 9.13 Å². The summed E-state index contributed by atoms with van der Waals surface area (Å²) < 4.78 is 22.3. The Morgan fingerprint density at radius 3 is 2.67 bits per heavy atom. The van der Waals surface area contributed by atoms with E-state index in [2.05, 4.69) is 10.00 Å². The van der Waals surface area contributed by atoms with Gasteiger partial charge >= 0.3 is 0 Å². The van der Waals surface area contributed by atoms with Crippen molar-refractivity contribution in [1.82, 2.24) is 14.7 Å². The minimum Gasteiger partial charge on any atom is -0.484 e. The highest BCUT2D eigenvalue weighted by atomic mass is 35.5. The molecule has 0 spiro atoms. The Morgan fingerprint density at radius 2 is 1.93 bits per heavy atom. The summed E-state index contributed by atoms with van der Waals surface area (Å²) in [5.41, 5.74) is 3.54. The number of aryl methyl sites for hydroxylation is 2. The fourth-order valence-corrected chi connectivity index (χ4v) is 3.81. The van der Waals surface area contributed by atoms with Crippen molar-refractivity contribution in [1.29, 1.82) is 0 Å². The summed E-state index contributed by atoms with van der Waals surface area (Å²) in [5.74, 6) is 0.541. The van der Waals surface area contributed by atoms with E-state index in [9.17, 15) is 4.39 Å². The van der Waals surface area contributed by atoms with Crippen LogP contribution >= 0.6 is 11.6 Å². The SMILES string of the molecule is Cc1nn(C)c(Cl)c1CN1Cc2ccccc2O[C@H](c2ccccc2F)C1. The van der Waals surface area contributed by atoms with E-state index in [1.807, 2.05) is 44.3 Å². The maximum absolute atomic E-state index is 14.4. The number of aromatic nitrogens is 2. The Hall–Kier alpha value is -2.37. The van der Waals surface area contributed by atoms with Crippen molar-refractivity contribution >= 4 is 11.6 Å². The fourth-order valence-electron chi connectivity index (χ4n) is 3.58. The molecule has 6 heteroatoms. The van der Waals surface area contributed by atoms with Gasteiger partial charge in [0.1, 0.15) is 22.8 Å². The molecule has 3 aromatic rings. The first-order valence-electron chi connectivity index (χ1n) is 8.92. The molecule has 0 saturated heterocycles. The molecule has 0 unspecified atom stereocenters. The van der Waals surface area contributed by atoms with Crippen LogP contribution in [0.15, 0.2) is 48.5 Å². The topological polar surface area (TPSA) is 30.3 Å². The maximum atomic E-state index is 14.4. The summed E-state index contributed by atoms with van der Waals surface area (Å²) in [6.07, 6.45) is -0.398. The predicted molar refractivity (Wildman–Crippen MR) is 103 cm³/mol. The van der Waals surface area contributed by atoms with Crippen LogP contribution in [0.25, 0.3) is 0 Å². The van der Waals surface area contributed by atoms with E-state index >= 15 is 0 Å². The zero-order chi connectivity index (χ0) is 19.0. The Balaban J connectivity index is 1.70. The van der Waals surface area contributed by atoms with Crippen LogP contribution in [0.2, 0.25) is 5.15 Å². The molecular weight excluding hydrogens is 365 g/mol. The largest absolute Gasteiger partial charge is 0.484 e. The molecule has 0 fully saturated rings. The molecule has 1 aromatic heterocycles. The van der Waals surface area contributed by atoms with E-state index in [4.69, 9.17) is 16.3 Å². The number of hydrogen-bond donors (Lipinski definition) is 0. The summed E-state index contributed by atoms with van der Waals surface area (Å²) in [4.78, 5) is 2.23. The monoisotopic (exact) mass is 385 g/mol. The van der Waals surface area contributed by atoms with E-state index < -0.39 is 6.10 Å². The molecule has 0 amide bonds. The number of nitrogens with zero attached hydrogens (tertiary/aromatic N) is 3. The second-order valence-electron chi connectivity index (χ2n) is 6.88. The Labute approximate surface area is 163 Å². The van der Waals surface area contributed by atoms with Crippen molar-refractivity contribution in [3.8, 4) is 5.75 Å². The molecule has 4 nitrogen and oxygen atoms in total. The normalized spacial score (nSPS) is 17.3. The lowest BCUT2D eigenvalue weighted by Gasteiger charge is -2.24. The van der Waals surface area contributed by atoms with Crippen molar-refractivity contribution in [2.45, 2.75) is 26.1 Å². The fraction of sp³-hybridized carbons (Fsp3) is 0.286. The molecule has 2 aromatic carbocycles. The number of para-hydroxylation sites is 1. The van der Waals surface area contributed by atoms with Crippen LogP contribution in [0, 0.1) is 12.7 Å². The Morgan fingerprint density at radius 1 is 1.19 bits per heavy atom. The van der Waals surface area contributed by atoms with E-state index in [0.717, 1.165) is 22.6 Å². The van der Waals surface area contributed by atoms with Gasteiger partial charge in [0.05, 0.1) is 5.69 Å². The molecule has 0 saturated carbocycles. The zero-order valence-electron chi connectivity index (χ0n) is 15.3. The van der Waals surface area contributed by atoms with E-state index in [0.29, 0.717) is 30.4 Å². The first-order chi connectivity index (χ1) is 13.0. The smallest absolute Gasteiger partial charge is 0.139 e. The van der Waals surface area contributed by atoms with Crippen LogP contribution in [0.4, 0.5) is 4.39 Å². The highest BCUT2D eigenvalue weighted by Crippen LogP contribution is 2.33. The Kier molecular flexibility index (Phi) is 4.89. The average molecular weight is 386 g/mol. The molecule has 27 heavy (non-hydrogen) atoms. The molecule has 1 aliphatic rings. The third-order valence-corrected chi connectivity index (χ3v) is 5.44. The van der Waals surface area contributed by atoms with Gasteiger partial charge in [-0.3, -0.25) is 9.58 Å². The Bertz CT molecular complexity index is 972. The van der Waals surface area contributed by atoms with Crippen molar-refractivity contribution in [2.75, 3.05) is 6.54 Å². The lowest BCUT2D eigenvalue weighted by atomic mass is 10.1. The van der Waals surface area contributed by atoms with Crippen LogP contribution in [-0.4, -0.2) is 21.2 Å². The highest BCUT2D eigenvalue weighted by Gasteiger charge is 2.27. The number of hydrogen-bond acceptors (Lipinski definition) is 3. The molecule has 1 aliphatic heterocycles. The second kappa shape index (κ2) is 7.33. The quantitative estimate of drug-likeness (QED) is 0.657. The lowest BCUT2D eigenvalue weighted by Crippen LogP contribution is -2.28. The summed E-state index contributed by atoms with van der Waals surface area (Å²) in [7, 11) is 1.84. The second-order valence-corrected chi connectivity index (χ2v) is 7.24. The standard InChI is InChI=1S/C21H21ClFN3O/c1-14-17(21(22)25(2)24-14)12-26-11-15-7-3-6-10-19(15)27-20(13-26)16-8-4-5-9-18(16)23/h3-10,20H,11-13H2,1-2H3/t20-/m0/s1. The van der Waals surface area contributed by atoms with E-state index in [1.54, 1.807) is 16.8 Å². The summed E-state index contributed by atoms with van der Waals surface area (Å²) >= 11 is 6.44. The van der Waals surface area contributed by atoms with E-state index in [1.165, 1.54) is 6.07 Å². The molecule has 4 rings (SSSR count). The molecule has 140 valence electrons. The van der Waals surface area contributed by atoms with Crippen molar-refractivity contribution in [2.24, 2.45) is 7.05 Å². The van der Waals surface area contributed by atoms with Crippen LogP contribution in [0.1, 0.15) is 28.5 Å². The predicted octanol–water partition coefficient (Wildman–Crippen LogP) is 4.66. The lowest BCUT2D eigenvalue weighted by molar-refractivity contribution is 0.140. The van der Waals surface area contributed by atoms with Gasteiger partial charge in [0.25, 0.3) is 0 Å². The van der Waals surface area contributed by atoms with Crippen molar-refractivity contribution in [3.63, 3.8) is 0 Å². The van der Waals surface area contributed by atoms with Gasteiger partial charge in [-0.05, 0) is 19.1 Å². The number of ether oxygens (including phenoxy) is 1. The highest BCUT2D eigenvalue weighted by molar-refractivity contribution is 6.30. The van der Waals surface area contributed by atoms with Crippen LogP contribution in [-0.2, 0) is 20.1 Å². The molecule has 0 bridgehead atoms. The van der Waals surface area contributed by atoms with Gasteiger partial charge in [-0.15, -0.1) is 0 Å². The molecule has 0 N–H and O–H groups in total. The van der Waals surface area contributed by atoms with Gasteiger partial charge in [-0.1, -0.05) is 48.0 Å². The van der Waals surface area contributed by atoms with Gasteiger partial charge in [0.15, 0.2) is 0 Å². The van der Waals surface area contributed by atoms with E-state index in [-0.39, 0.29) is 5.82 Å². The van der Waals surface area contributed by atoms with Gasteiger partial charge in [0.2, 0.25) is 0 Å². The van der Waals surface area contributed by atoms with Gasteiger partial charge in [-0.25, -0.2) is 4.39 Å². The molecular formula is C21H21ClFN3O. The first-order valence-corrected chi connectivity index (χ1v) is 9.30. The maximum Gasteiger partial charge on any atom is 0.139 e. The number of fused-ring (bicyclic) bond motifs is 1. The molecule has 2 heterocycles. The van der Waals surface area contributed by atoms with Crippen molar-refractivity contribution in [3.05, 3.63) is 81.9 Å². The molecule has 0 radical (unpaired) electrons. The van der Waals surface area contributed by atoms with Crippen LogP contribution in [0.3, 0.4) is 0 Å². The first kappa shape index (κ1) is 18.0. The zero-order valence-corrected chi connectivity index (χ0v) is 16.1. The average Bonchev–Trinajstić information content (AvgIpc) is 2.82. The third-order valence-electron chi connectivity index (χ3n) is 4.96. The summed E-state index contributed by atoms with van der Waals surface area (Å²) in [5, 5.41) is 5.03. The molecule has 1 atom stereocenters. The summed E-state index contributed by atoms with van der Waals surface area (Å²) in [6, 6.07) is 14.7. The van der Waals surface area contributed by atoms with Gasteiger partial charge < -0.3 is 4.74 Å². The van der Waals surface area contributed by atoms with Gasteiger partial charge in [-0.2, -0.15) is 5.10 Å². The minimum absolute atomic E-state index is 0.252. The third kappa shape index (κ3) is 3.57. The summed E-state index contributed by atoms with van der Waals surface area (Å²) in [6.45, 7) is 3.84. The van der Waals surface area contributed by atoms with Gasteiger partial charge in [0, 0.05) is 43.4 Å². The minimum atomic E-state index is -0.398. The number of benzene rings is 2. The number of rotatable bonds is 3. The molecule has 0 aliphatic carbocycles.